The highest BCUT2D eigenvalue weighted by molar-refractivity contribution is 6.06. The minimum atomic E-state index is -0.165. The quantitative estimate of drug-likeness (QED) is 0.327. The molecule has 11 nitrogen and oxygen atoms in total. The molecule has 0 bridgehead atoms. The first-order chi connectivity index (χ1) is 17.4. The number of carbonyl (C=O) groups excluding carboxylic acids is 2. The van der Waals surface area contributed by atoms with Gasteiger partial charge in [0.15, 0.2) is 11.5 Å². The summed E-state index contributed by atoms with van der Waals surface area (Å²) in [4.78, 5) is 39.9. The van der Waals surface area contributed by atoms with Crippen LogP contribution < -0.4 is 11.2 Å². The van der Waals surface area contributed by atoms with E-state index in [0.29, 0.717) is 44.8 Å². The van der Waals surface area contributed by atoms with E-state index in [9.17, 15) is 9.59 Å². The van der Waals surface area contributed by atoms with Gasteiger partial charge in [0.1, 0.15) is 11.2 Å². The Balaban J connectivity index is 1.43. The van der Waals surface area contributed by atoms with E-state index in [4.69, 9.17) is 10.8 Å². The molecule has 1 aromatic carbocycles. The van der Waals surface area contributed by atoms with Crippen LogP contribution in [0.1, 0.15) is 23.2 Å². The molecule has 11 heteroatoms. The summed E-state index contributed by atoms with van der Waals surface area (Å²) in [6.45, 7) is 0. The molecule has 6 rings (SSSR count). The van der Waals surface area contributed by atoms with Crippen molar-refractivity contribution in [1.82, 2.24) is 34.7 Å². The standard InChI is InChI=1S/C25H23N9O2/c1-33(2)25(36)17-4-3-5-19-20(17)30-23(34(19)26)21-18-9-15(11-28-22(18)32-31-21)14-8-16(12-27-10-14)29-24(35)13-6-7-13/h3-5,8-13H,6-7,26H2,1-2H3,(H,29,35)(H,28,31,32). The van der Waals surface area contributed by atoms with Crippen molar-refractivity contribution in [2.75, 3.05) is 25.3 Å². The largest absolute Gasteiger partial charge is 0.345 e. The van der Waals surface area contributed by atoms with Crippen molar-refractivity contribution < 1.29 is 9.59 Å². The van der Waals surface area contributed by atoms with Crippen molar-refractivity contribution in [1.29, 1.82) is 0 Å². The number of rotatable bonds is 5. The van der Waals surface area contributed by atoms with Crippen LogP contribution in [0.3, 0.4) is 0 Å². The maximum Gasteiger partial charge on any atom is 0.255 e. The van der Waals surface area contributed by atoms with Gasteiger partial charge >= 0.3 is 0 Å². The molecule has 36 heavy (non-hydrogen) atoms. The summed E-state index contributed by atoms with van der Waals surface area (Å²) >= 11 is 0. The van der Waals surface area contributed by atoms with Gasteiger partial charge in [-0.05, 0) is 37.1 Å². The normalized spacial score (nSPS) is 13.3. The van der Waals surface area contributed by atoms with Crippen molar-refractivity contribution in [3.63, 3.8) is 0 Å². The number of benzene rings is 1. The smallest absolute Gasteiger partial charge is 0.255 e. The van der Waals surface area contributed by atoms with Crippen LogP contribution in [0.15, 0.2) is 48.9 Å². The number of nitrogens with zero attached hydrogens (tertiary/aromatic N) is 6. The van der Waals surface area contributed by atoms with Crippen LogP contribution in [0, 0.1) is 5.92 Å². The Morgan fingerprint density at radius 2 is 1.94 bits per heavy atom. The molecule has 0 saturated heterocycles. The number of pyridine rings is 2. The first-order valence-corrected chi connectivity index (χ1v) is 11.5. The van der Waals surface area contributed by atoms with Crippen molar-refractivity contribution >= 4 is 39.6 Å². The minimum Gasteiger partial charge on any atom is -0.345 e. The second-order valence-corrected chi connectivity index (χ2v) is 9.10. The van der Waals surface area contributed by atoms with Gasteiger partial charge in [0.25, 0.3) is 5.91 Å². The van der Waals surface area contributed by atoms with Gasteiger partial charge in [0, 0.05) is 43.5 Å². The Kier molecular flexibility index (Phi) is 4.92. The van der Waals surface area contributed by atoms with E-state index in [-0.39, 0.29) is 17.7 Å². The van der Waals surface area contributed by atoms with E-state index in [1.165, 1.54) is 9.58 Å². The van der Waals surface area contributed by atoms with E-state index in [2.05, 4.69) is 25.5 Å². The number of nitrogens with one attached hydrogen (secondary N) is 2. The fourth-order valence-electron chi connectivity index (χ4n) is 4.19. The Hall–Kier alpha value is -4.80. The molecule has 4 aromatic heterocycles. The molecule has 0 spiro atoms. The molecule has 1 aliphatic rings. The Bertz CT molecular complexity index is 1660. The molecule has 4 N–H and O–H groups in total. The molecule has 1 aliphatic carbocycles. The zero-order valence-electron chi connectivity index (χ0n) is 19.7. The third-order valence-electron chi connectivity index (χ3n) is 6.27. The molecule has 0 radical (unpaired) electrons. The van der Waals surface area contributed by atoms with Gasteiger partial charge < -0.3 is 16.1 Å². The Labute approximate surface area is 205 Å². The van der Waals surface area contributed by atoms with Crippen LogP contribution in [0.25, 0.3) is 44.7 Å². The number of fused-ring (bicyclic) bond motifs is 2. The van der Waals surface area contributed by atoms with Gasteiger partial charge in [-0.25, -0.2) is 14.6 Å². The predicted octanol–water partition coefficient (Wildman–Crippen LogP) is 2.80. The maximum atomic E-state index is 12.7. The van der Waals surface area contributed by atoms with Crippen LogP contribution >= 0.6 is 0 Å². The lowest BCUT2D eigenvalue weighted by Crippen LogP contribution is -2.22. The van der Waals surface area contributed by atoms with E-state index in [1.54, 1.807) is 44.8 Å². The predicted molar refractivity (Wildman–Crippen MR) is 135 cm³/mol. The summed E-state index contributed by atoms with van der Waals surface area (Å²) < 4.78 is 1.43. The zero-order valence-corrected chi connectivity index (χ0v) is 19.7. The number of aromatic amines is 1. The lowest BCUT2D eigenvalue weighted by molar-refractivity contribution is -0.117. The molecule has 4 heterocycles. The second kappa shape index (κ2) is 8.15. The summed E-state index contributed by atoms with van der Waals surface area (Å²) in [7, 11) is 3.38. The van der Waals surface area contributed by atoms with E-state index >= 15 is 0 Å². The molecule has 5 aromatic rings. The van der Waals surface area contributed by atoms with Gasteiger partial charge in [-0.2, -0.15) is 5.10 Å². The number of nitrogens with two attached hydrogens (primary N) is 1. The molecular weight excluding hydrogens is 458 g/mol. The van der Waals surface area contributed by atoms with Gasteiger partial charge in [-0.3, -0.25) is 19.7 Å². The third kappa shape index (κ3) is 3.61. The van der Waals surface area contributed by atoms with Gasteiger partial charge in [-0.1, -0.05) is 6.07 Å². The van der Waals surface area contributed by atoms with E-state index < -0.39 is 0 Å². The summed E-state index contributed by atoms with van der Waals surface area (Å²) in [5.41, 5.74) is 4.87. The topological polar surface area (TPSA) is 148 Å². The van der Waals surface area contributed by atoms with E-state index in [0.717, 1.165) is 24.0 Å². The third-order valence-corrected chi connectivity index (χ3v) is 6.27. The highest BCUT2D eigenvalue weighted by Crippen LogP contribution is 2.33. The number of hydrogen-bond donors (Lipinski definition) is 3. The fourth-order valence-corrected chi connectivity index (χ4v) is 4.19. The fraction of sp³-hybridized carbons (Fsp3) is 0.200. The first-order valence-electron chi connectivity index (χ1n) is 11.5. The molecule has 1 fully saturated rings. The molecule has 0 unspecified atom stereocenters. The van der Waals surface area contributed by atoms with Crippen LogP contribution in [-0.2, 0) is 4.79 Å². The molecule has 1 saturated carbocycles. The number of amides is 2. The van der Waals surface area contributed by atoms with Crippen LogP contribution in [-0.4, -0.2) is 60.6 Å². The number of aromatic nitrogens is 6. The first kappa shape index (κ1) is 21.7. The molecule has 0 aliphatic heterocycles. The summed E-state index contributed by atoms with van der Waals surface area (Å²) in [6, 6.07) is 9.11. The number of imidazole rings is 1. The number of para-hydroxylation sites is 1. The summed E-state index contributed by atoms with van der Waals surface area (Å²) in [5.74, 6) is 6.78. The molecule has 0 atom stereocenters. The summed E-state index contributed by atoms with van der Waals surface area (Å²) in [5, 5.41) is 11.0. The van der Waals surface area contributed by atoms with Crippen molar-refractivity contribution in [3.05, 3.63) is 54.5 Å². The second-order valence-electron chi connectivity index (χ2n) is 9.10. The Morgan fingerprint density at radius 1 is 1.14 bits per heavy atom. The summed E-state index contributed by atoms with van der Waals surface area (Å²) in [6.07, 6.45) is 6.92. The maximum absolute atomic E-state index is 12.7. The van der Waals surface area contributed by atoms with Crippen molar-refractivity contribution in [3.8, 4) is 22.6 Å². The lowest BCUT2D eigenvalue weighted by atomic mass is 10.1. The minimum absolute atomic E-state index is 0.0219. The van der Waals surface area contributed by atoms with Crippen molar-refractivity contribution in [2.45, 2.75) is 12.8 Å². The van der Waals surface area contributed by atoms with E-state index in [1.807, 2.05) is 18.2 Å². The number of nitrogen functional groups attached to an aromatic ring is 1. The highest BCUT2D eigenvalue weighted by Gasteiger charge is 2.29. The van der Waals surface area contributed by atoms with Gasteiger partial charge in [-0.15, -0.1) is 0 Å². The SMILES string of the molecule is CN(C)C(=O)c1cccc2c1nc(-c1n[nH]c3ncc(-c4cncc(NC(=O)C5CC5)c4)cc13)n2N. The number of carbonyl (C=O) groups is 2. The highest BCUT2D eigenvalue weighted by atomic mass is 16.2. The average molecular weight is 482 g/mol. The van der Waals surface area contributed by atoms with Gasteiger partial charge in [0.05, 0.1) is 28.4 Å². The molecular formula is C25H23N9O2. The lowest BCUT2D eigenvalue weighted by Gasteiger charge is -2.10. The number of anilines is 1. The average Bonchev–Trinajstić information content (AvgIpc) is 3.58. The number of H-pyrrole nitrogens is 1. The van der Waals surface area contributed by atoms with Crippen LogP contribution in [0.2, 0.25) is 0 Å². The molecule has 2 amide bonds. The monoisotopic (exact) mass is 481 g/mol. The van der Waals surface area contributed by atoms with Gasteiger partial charge in [0.2, 0.25) is 5.91 Å². The Morgan fingerprint density at radius 3 is 2.72 bits per heavy atom. The number of hydrogen-bond acceptors (Lipinski definition) is 7. The molecule has 180 valence electrons. The van der Waals surface area contributed by atoms with Crippen LogP contribution in [0.4, 0.5) is 5.69 Å². The van der Waals surface area contributed by atoms with Crippen LogP contribution in [0.5, 0.6) is 0 Å². The zero-order chi connectivity index (χ0) is 25.0. The van der Waals surface area contributed by atoms with Crippen molar-refractivity contribution in [2.24, 2.45) is 5.92 Å².